The average Bonchev–Trinajstić information content (AvgIpc) is 2.90. The van der Waals surface area contributed by atoms with Crippen molar-refractivity contribution in [1.82, 2.24) is 25.4 Å². The van der Waals surface area contributed by atoms with Gasteiger partial charge in [0.1, 0.15) is 12.4 Å². The summed E-state index contributed by atoms with van der Waals surface area (Å²) in [5.41, 5.74) is 0. The largest absolute Gasteiger partial charge is 0.357 e. The number of aliphatic imine (C=N–C) groups is 1. The monoisotopic (exact) mass is 488 g/mol. The number of guanidine groups is 1. The first-order valence-corrected chi connectivity index (χ1v) is 10.8. The molecule has 3 rings (SSSR count). The summed E-state index contributed by atoms with van der Waals surface area (Å²) in [7, 11) is 0. The van der Waals surface area contributed by atoms with Crippen LogP contribution in [0.1, 0.15) is 82.8 Å². The summed E-state index contributed by atoms with van der Waals surface area (Å²) >= 11 is 0. The Morgan fingerprint density at radius 3 is 2.70 bits per heavy atom. The molecule has 2 N–H and O–H groups in total. The topological polar surface area (TPSA) is 67.1 Å². The van der Waals surface area contributed by atoms with Gasteiger partial charge in [-0.2, -0.15) is 0 Å². The number of nitrogens with zero attached hydrogens (tertiary/aromatic N) is 4. The van der Waals surface area contributed by atoms with Crippen LogP contribution in [0.15, 0.2) is 4.99 Å². The molecule has 0 spiro atoms. The summed E-state index contributed by atoms with van der Waals surface area (Å²) in [5, 5.41) is 15.6. The fraction of sp³-hybridized carbons (Fsp3) is 0.850. The van der Waals surface area contributed by atoms with Crippen LogP contribution in [0.3, 0.4) is 0 Å². The zero-order valence-corrected chi connectivity index (χ0v) is 19.2. The Kier molecular flexibility index (Phi) is 10.4. The third-order valence-electron chi connectivity index (χ3n) is 5.72. The van der Waals surface area contributed by atoms with Crippen LogP contribution in [0.25, 0.3) is 0 Å². The quantitative estimate of drug-likeness (QED) is 0.263. The zero-order valence-electron chi connectivity index (χ0n) is 16.9. The van der Waals surface area contributed by atoms with Gasteiger partial charge in [-0.1, -0.05) is 38.5 Å². The zero-order chi connectivity index (χ0) is 18.0. The second kappa shape index (κ2) is 12.6. The van der Waals surface area contributed by atoms with Crippen LogP contribution in [-0.2, 0) is 19.5 Å². The van der Waals surface area contributed by atoms with Crippen LogP contribution in [0.2, 0.25) is 0 Å². The number of fused-ring (bicyclic) bond motifs is 1. The van der Waals surface area contributed by atoms with E-state index in [1.807, 2.05) is 0 Å². The van der Waals surface area contributed by atoms with Crippen LogP contribution in [0.5, 0.6) is 0 Å². The molecule has 0 unspecified atom stereocenters. The molecule has 1 aromatic rings. The molecule has 0 radical (unpaired) electrons. The van der Waals surface area contributed by atoms with E-state index in [0.29, 0.717) is 6.54 Å². The molecule has 2 aliphatic rings. The number of hydrogen-bond acceptors (Lipinski definition) is 3. The highest BCUT2D eigenvalue weighted by atomic mass is 127. The predicted molar refractivity (Wildman–Crippen MR) is 122 cm³/mol. The highest BCUT2D eigenvalue weighted by Crippen LogP contribution is 2.26. The second-order valence-corrected chi connectivity index (χ2v) is 7.76. The highest BCUT2D eigenvalue weighted by molar-refractivity contribution is 14.0. The van der Waals surface area contributed by atoms with E-state index in [1.165, 1.54) is 64.2 Å². The van der Waals surface area contributed by atoms with E-state index in [4.69, 9.17) is 4.99 Å². The maximum Gasteiger partial charge on any atom is 0.191 e. The van der Waals surface area contributed by atoms with Gasteiger partial charge in [0.25, 0.3) is 0 Å². The summed E-state index contributed by atoms with van der Waals surface area (Å²) in [6, 6.07) is 0. The maximum absolute atomic E-state index is 4.75. The van der Waals surface area contributed by atoms with Crippen LogP contribution >= 0.6 is 24.0 Å². The molecule has 0 atom stereocenters. The van der Waals surface area contributed by atoms with Crippen molar-refractivity contribution in [3.63, 3.8) is 0 Å². The van der Waals surface area contributed by atoms with Crippen molar-refractivity contribution in [2.45, 2.75) is 90.6 Å². The highest BCUT2D eigenvalue weighted by Gasteiger charge is 2.15. The van der Waals surface area contributed by atoms with E-state index in [0.717, 1.165) is 49.6 Å². The van der Waals surface area contributed by atoms with Crippen LogP contribution in [0.4, 0.5) is 0 Å². The van der Waals surface area contributed by atoms with E-state index in [9.17, 15) is 0 Å². The lowest BCUT2D eigenvalue weighted by atomic mass is 9.86. The molecule has 1 aliphatic carbocycles. The molecule has 0 aromatic carbocycles. The van der Waals surface area contributed by atoms with Gasteiger partial charge >= 0.3 is 0 Å². The Hall–Kier alpha value is -0.860. The summed E-state index contributed by atoms with van der Waals surface area (Å²) in [6.45, 7) is 5.64. The maximum atomic E-state index is 4.75. The van der Waals surface area contributed by atoms with Gasteiger partial charge in [-0.05, 0) is 38.5 Å². The van der Waals surface area contributed by atoms with Crippen molar-refractivity contribution in [3.8, 4) is 0 Å². The summed E-state index contributed by atoms with van der Waals surface area (Å²) in [4.78, 5) is 4.75. The summed E-state index contributed by atoms with van der Waals surface area (Å²) in [5.74, 6) is 4.00. The number of aromatic nitrogens is 3. The Balaban J connectivity index is 0.00000261. The lowest BCUT2D eigenvalue weighted by Gasteiger charge is -2.21. The van der Waals surface area contributed by atoms with Gasteiger partial charge in [0.05, 0.1) is 0 Å². The SMILES string of the molecule is CCNC(=NCc1nnc2n1CCCCC2)NCCCC1CCCCC1.I. The molecule has 2 heterocycles. The first kappa shape index (κ1) is 22.4. The van der Waals surface area contributed by atoms with Crippen LogP contribution in [0, 0.1) is 5.92 Å². The molecule has 7 heteroatoms. The number of hydrogen-bond donors (Lipinski definition) is 2. The fourth-order valence-electron chi connectivity index (χ4n) is 4.23. The van der Waals surface area contributed by atoms with Gasteiger partial charge in [-0.15, -0.1) is 34.2 Å². The molecule has 0 bridgehead atoms. The van der Waals surface area contributed by atoms with Crippen molar-refractivity contribution in [2.75, 3.05) is 13.1 Å². The van der Waals surface area contributed by atoms with E-state index in [1.54, 1.807) is 0 Å². The smallest absolute Gasteiger partial charge is 0.191 e. The third-order valence-corrected chi connectivity index (χ3v) is 5.72. The molecule has 1 saturated carbocycles. The lowest BCUT2D eigenvalue weighted by Crippen LogP contribution is -2.38. The van der Waals surface area contributed by atoms with E-state index < -0.39 is 0 Å². The van der Waals surface area contributed by atoms with Crippen molar-refractivity contribution in [3.05, 3.63) is 11.6 Å². The van der Waals surface area contributed by atoms with Crippen molar-refractivity contribution >= 4 is 29.9 Å². The Bertz CT molecular complexity index is 565. The van der Waals surface area contributed by atoms with Crippen molar-refractivity contribution in [2.24, 2.45) is 10.9 Å². The minimum Gasteiger partial charge on any atom is -0.357 e. The molecule has 1 fully saturated rings. The minimum atomic E-state index is 0. The van der Waals surface area contributed by atoms with Gasteiger partial charge in [0, 0.05) is 26.1 Å². The first-order valence-electron chi connectivity index (χ1n) is 10.8. The average molecular weight is 488 g/mol. The molecule has 154 valence electrons. The molecule has 27 heavy (non-hydrogen) atoms. The molecule has 6 nitrogen and oxygen atoms in total. The first-order chi connectivity index (χ1) is 12.9. The van der Waals surface area contributed by atoms with E-state index in [-0.39, 0.29) is 24.0 Å². The summed E-state index contributed by atoms with van der Waals surface area (Å²) < 4.78 is 2.28. The minimum absolute atomic E-state index is 0. The van der Waals surface area contributed by atoms with Gasteiger partial charge in [-0.3, -0.25) is 0 Å². The second-order valence-electron chi connectivity index (χ2n) is 7.76. The van der Waals surface area contributed by atoms with Gasteiger partial charge in [-0.25, -0.2) is 4.99 Å². The molecule has 1 aromatic heterocycles. The fourth-order valence-corrected chi connectivity index (χ4v) is 4.23. The lowest BCUT2D eigenvalue weighted by molar-refractivity contribution is 0.332. The number of halogens is 1. The van der Waals surface area contributed by atoms with Crippen molar-refractivity contribution in [1.29, 1.82) is 0 Å². The Morgan fingerprint density at radius 2 is 1.89 bits per heavy atom. The molecule has 0 amide bonds. The standard InChI is InChI=1S/C20H36N6.HI/c1-2-21-20(22-14-9-12-17-10-5-3-6-11-17)23-16-19-25-24-18-13-7-4-8-15-26(18)19;/h17H,2-16H2,1H3,(H2,21,22,23);1H. The normalized spacial score (nSPS) is 18.3. The van der Waals surface area contributed by atoms with Crippen LogP contribution < -0.4 is 10.6 Å². The van der Waals surface area contributed by atoms with Crippen LogP contribution in [-0.4, -0.2) is 33.8 Å². The number of aryl methyl sites for hydroxylation is 1. The number of nitrogens with one attached hydrogen (secondary N) is 2. The molecular weight excluding hydrogens is 451 g/mol. The van der Waals surface area contributed by atoms with Crippen molar-refractivity contribution < 1.29 is 0 Å². The number of rotatable bonds is 7. The van der Waals surface area contributed by atoms with E-state index in [2.05, 4.69) is 32.3 Å². The van der Waals surface area contributed by atoms with Gasteiger partial charge in [0.15, 0.2) is 11.8 Å². The molecule has 1 aliphatic heterocycles. The van der Waals surface area contributed by atoms with Gasteiger partial charge < -0.3 is 15.2 Å². The Labute approximate surface area is 181 Å². The molecular formula is C20H37IN6. The molecule has 0 saturated heterocycles. The third kappa shape index (κ3) is 7.23. The predicted octanol–water partition coefficient (Wildman–Crippen LogP) is 4.04. The Morgan fingerprint density at radius 1 is 1.07 bits per heavy atom. The summed E-state index contributed by atoms with van der Waals surface area (Å²) in [6.07, 6.45) is 14.6. The van der Waals surface area contributed by atoms with E-state index >= 15 is 0 Å². The van der Waals surface area contributed by atoms with Gasteiger partial charge in [0.2, 0.25) is 0 Å².